The van der Waals surface area contributed by atoms with Crippen LogP contribution in [0.3, 0.4) is 0 Å². The number of hydrogen-bond donors (Lipinski definition) is 1. The molecule has 4 rings (SSSR count). The Labute approximate surface area is 200 Å². The van der Waals surface area contributed by atoms with Crippen LogP contribution < -0.4 is 15.0 Å². The molecule has 0 aliphatic carbocycles. The Morgan fingerprint density at radius 2 is 1.65 bits per heavy atom. The smallest absolute Gasteiger partial charge is 0.338 e. The number of imide groups is 1. The maximum Gasteiger partial charge on any atom is 0.338 e. The van der Waals surface area contributed by atoms with E-state index in [2.05, 4.69) is 5.32 Å². The van der Waals surface area contributed by atoms with E-state index in [1.165, 1.54) is 18.2 Å². The Balaban J connectivity index is 1.45. The van der Waals surface area contributed by atoms with Crippen LogP contribution in [0, 0.1) is 0 Å². The highest BCUT2D eigenvalue weighted by Gasteiger charge is 2.38. The summed E-state index contributed by atoms with van der Waals surface area (Å²) in [6.07, 6.45) is 0. The fourth-order valence-electron chi connectivity index (χ4n) is 3.47. The van der Waals surface area contributed by atoms with Crippen LogP contribution in [0.2, 0.25) is 5.02 Å². The van der Waals surface area contributed by atoms with Crippen LogP contribution >= 0.6 is 11.6 Å². The van der Waals surface area contributed by atoms with Gasteiger partial charge in [-0.15, -0.1) is 0 Å². The van der Waals surface area contributed by atoms with Crippen LogP contribution in [0.15, 0.2) is 66.7 Å². The van der Waals surface area contributed by atoms with E-state index in [9.17, 15) is 19.2 Å². The molecule has 3 aromatic rings. The summed E-state index contributed by atoms with van der Waals surface area (Å²) in [4.78, 5) is 51.4. The van der Waals surface area contributed by atoms with Gasteiger partial charge in [-0.2, -0.15) is 0 Å². The molecule has 0 unspecified atom stereocenters. The second-order valence-electron chi connectivity index (χ2n) is 7.21. The second kappa shape index (κ2) is 9.76. The summed E-state index contributed by atoms with van der Waals surface area (Å²) in [7, 11) is 0. The molecule has 1 heterocycles. The van der Waals surface area contributed by atoms with Crippen molar-refractivity contribution in [2.45, 2.75) is 6.92 Å². The molecular formula is C25H19ClN2O6. The first-order valence-electron chi connectivity index (χ1n) is 10.4. The molecule has 0 spiro atoms. The largest absolute Gasteiger partial charge is 0.492 e. The first-order valence-corrected chi connectivity index (χ1v) is 10.7. The number of halogens is 1. The molecular weight excluding hydrogens is 460 g/mol. The van der Waals surface area contributed by atoms with Gasteiger partial charge < -0.3 is 14.8 Å². The number of amides is 3. The van der Waals surface area contributed by atoms with E-state index in [4.69, 9.17) is 21.1 Å². The number of rotatable bonds is 7. The van der Waals surface area contributed by atoms with Crippen LogP contribution in [0.4, 0.5) is 11.4 Å². The number of hydrogen-bond acceptors (Lipinski definition) is 6. The molecule has 1 N–H and O–H groups in total. The monoisotopic (exact) mass is 478 g/mol. The molecule has 0 saturated carbocycles. The third kappa shape index (κ3) is 4.49. The van der Waals surface area contributed by atoms with Gasteiger partial charge in [-0.05, 0) is 49.4 Å². The number of anilines is 2. The van der Waals surface area contributed by atoms with E-state index in [1.807, 2.05) is 6.92 Å². The first kappa shape index (κ1) is 23.0. The number of fused-ring (bicyclic) bond motifs is 1. The van der Waals surface area contributed by atoms with Gasteiger partial charge >= 0.3 is 5.97 Å². The molecule has 0 bridgehead atoms. The first-order chi connectivity index (χ1) is 16.4. The van der Waals surface area contributed by atoms with E-state index >= 15 is 0 Å². The minimum absolute atomic E-state index is 0.0309. The summed E-state index contributed by atoms with van der Waals surface area (Å²) in [5, 5.41) is 2.87. The fourth-order valence-corrected chi connectivity index (χ4v) is 3.69. The lowest BCUT2D eigenvalue weighted by Crippen LogP contribution is -2.29. The predicted molar refractivity (Wildman–Crippen MR) is 126 cm³/mol. The summed E-state index contributed by atoms with van der Waals surface area (Å²) >= 11 is 6.15. The molecule has 9 heteroatoms. The zero-order chi connectivity index (χ0) is 24.2. The highest BCUT2D eigenvalue weighted by atomic mass is 35.5. The van der Waals surface area contributed by atoms with Crippen LogP contribution in [-0.2, 0) is 9.53 Å². The van der Waals surface area contributed by atoms with E-state index in [-0.39, 0.29) is 27.4 Å². The third-order valence-corrected chi connectivity index (χ3v) is 5.33. The van der Waals surface area contributed by atoms with Crippen LogP contribution in [0.1, 0.15) is 38.0 Å². The molecule has 3 amide bonds. The van der Waals surface area contributed by atoms with Crippen molar-refractivity contribution >= 4 is 46.7 Å². The zero-order valence-electron chi connectivity index (χ0n) is 18.0. The molecule has 1 aliphatic heterocycles. The van der Waals surface area contributed by atoms with Gasteiger partial charge in [0.25, 0.3) is 17.7 Å². The molecule has 0 saturated heterocycles. The Kier molecular flexibility index (Phi) is 6.60. The van der Waals surface area contributed by atoms with Gasteiger partial charge in [0, 0.05) is 0 Å². The van der Waals surface area contributed by atoms with Gasteiger partial charge in [0.15, 0.2) is 6.61 Å². The highest BCUT2D eigenvalue weighted by Crippen LogP contribution is 2.33. The molecule has 0 radical (unpaired) electrons. The Morgan fingerprint density at radius 3 is 2.41 bits per heavy atom. The van der Waals surface area contributed by atoms with Gasteiger partial charge in [-0.1, -0.05) is 35.9 Å². The summed E-state index contributed by atoms with van der Waals surface area (Å²) in [6.45, 7) is 1.70. The minimum atomic E-state index is -0.813. The predicted octanol–water partition coefficient (Wildman–Crippen LogP) is 4.33. The molecule has 0 atom stereocenters. The van der Waals surface area contributed by atoms with Crippen molar-refractivity contribution < 1.29 is 28.7 Å². The Hall–Kier alpha value is -4.17. The van der Waals surface area contributed by atoms with Crippen LogP contribution in [0.5, 0.6) is 5.75 Å². The zero-order valence-corrected chi connectivity index (χ0v) is 18.8. The lowest BCUT2D eigenvalue weighted by molar-refractivity contribution is -0.119. The Morgan fingerprint density at radius 1 is 0.941 bits per heavy atom. The van der Waals surface area contributed by atoms with Crippen molar-refractivity contribution in [1.82, 2.24) is 0 Å². The molecule has 34 heavy (non-hydrogen) atoms. The van der Waals surface area contributed by atoms with Gasteiger partial charge in [-0.3, -0.25) is 14.4 Å². The summed E-state index contributed by atoms with van der Waals surface area (Å²) < 4.78 is 10.5. The summed E-state index contributed by atoms with van der Waals surface area (Å²) in [5.74, 6) is -2.02. The lowest BCUT2D eigenvalue weighted by Gasteiger charge is -2.15. The average molecular weight is 479 g/mol. The maximum absolute atomic E-state index is 12.9. The molecule has 1 aliphatic rings. The number of benzene rings is 3. The van der Waals surface area contributed by atoms with Gasteiger partial charge in [0.1, 0.15) is 5.75 Å². The third-order valence-electron chi connectivity index (χ3n) is 5.01. The number of nitrogens with one attached hydrogen (secondary N) is 1. The quantitative estimate of drug-likeness (QED) is 0.400. The molecule has 172 valence electrons. The van der Waals surface area contributed by atoms with Gasteiger partial charge in [0.2, 0.25) is 0 Å². The number of carbonyl (C=O) groups is 4. The van der Waals surface area contributed by atoms with Gasteiger partial charge in [0.05, 0.1) is 39.7 Å². The van der Waals surface area contributed by atoms with Crippen molar-refractivity contribution in [3.05, 3.63) is 88.4 Å². The number of para-hydroxylation sites is 3. The number of carbonyl (C=O) groups excluding carboxylic acids is 4. The van der Waals surface area contributed by atoms with E-state index in [0.29, 0.717) is 18.0 Å². The average Bonchev–Trinajstić information content (AvgIpc) is 3.08. The van der Waals surface area contributed by atoms with Crippen molar-refractivity contribution in [1.29, 1.82) is 0 Å². The van der Waals surface area contributed by atoms with Crippen molar-refractivity contribution in [2.24, 2.45) is 0 Å². The topological polar surface area (TPSA) is 102 Å². The van der Waals surface area contributed by atoms with Crippen molar-refractivity contribution in [2.75, 3.05) is 23.4 Å². The van der Waals surface area contributed by atoms with Gasteiger partial charge in [-0.25, -0.2) is 9.69 Å². The standard InChI is InChI=1S/C25H19ClN2O6/c1-2-33-21-10-6-4-8-19(21)27-22(29)14-34-25(32)15-11-12-16-17(13-15)24(31)28(23(16)30)20-9-5-3-7-18(20)26/h3-13H,2,14H2,1H3,(H,27,29). The second-order valence-corrected chi connectivity index (χ2v) is 7.62. The van der Waals surface area contributed by atoms with Crippen LogP contribution in [-0.4, -0.2) is 36.9 Å². The number of nitrogens with zero attached hydrogens (tertiary/aromatic N) is 1. The number of esters is 1. The summed E-state index contributed by atoms with van der Waals surface area (Å²) in [5.41, 5.74) is 0.930. The number of ether oxygens (including phenoxy) is 2. The van der Waals surface area contributed by atoms with Crippen LogP contribution in [0.25, 0.3) is 0 Å². The SMILES string of the molecule is CCOc1ccccc1NC(=O)COC(=O)c1ccc2c(c1)C(=O)N(c1ccccc1Cl)C2=O. The highest BCUT2D eigenvalue weighted by molar-refractivity contribution is 6.39. The van der Waals surface area contributed by atoms with Crippen molar-refractivity contribution in [3.63, 3.8) is 0 Å². The minimum Gasteiger partial charge on any atom is -0.492 e. The van der Waals surface area contributed by atoms with E-state index in [1.54, 1.807) is 48.5 Å². The molecule has 0 fully saturated rings. The summed E-state index contributed by atoms with van der Waals surface area (Å²) in [6, 6.07) is 17.4. The molecule has 0 aromatic heterocycles. The van der Waals surface area contributed by atoms with E-state index in [0.717, 1.165) is 4.90 Å². The lowest BCUT2D eigenvalue weighted by atomic mass is 10.1. The van der Waals surface area contributed by atoms with Crippen molar-refractivity contribution in [3.8, 4) is 5.75 Å². The Bertz CT molecular complexity index is 1310. The molecule has 8 nitrogen and oxygen atoms in total. The normalized spacial score (nSPS) is 12.4. The maximum atomic E-state index is 12.9. The molecule has 3 aromatic carbocycles. The van der Waals surface area contributed by atoms with E-state index < -0.39 is 30.3 Å². The fraction of sp³-hybridized carbons (Fsp3) is 0.120.